The lowest BCUT2D eigenvalue weighted by Crippen LogP contribution is -2.38. The minimum atomic E-state index is -1.06. The molecule has 0 radical (unpaired) electrons. The van der Waals surface area contributed by atoms with Crippen LogP contribution in [0.4, 0.5) is 0 Å². The van der Waals surface area contributed by atoms with Gasteiger partial charge in [-0.25, -0.2) is 14.8 Å². The third-order valence-electron chi connectivity index (χ3n) is 6.00. The zero-order chi connectivity index (χ0) is 24.1. The van der Waals surface area contributed by atoms with Gasteiger partial charge in [-0.05, 0) is 43.5 Å². The first-order chi connectivity index (χ1) is 16.4. The molecule has 1 aromatic heterocycles. The number of rotatable bonds is 6. The summed E-state index contributed by atoms with van der Waals surface area (Å²) in [7, 11) is 0. The minimum absolute atomic E-state index is 0.0218. The molecule has 2 heterocycles. The number of carbonyl (C=O) groups excluding carboxylic acids is 2. The molecule has 8 nitrogen and oxygen atoms in total. The van der Waals surface area contributed by atoms with Gasteiger partial charge in [-0.1, -0.05) is 36.4 Å². The van der Waals surface area contributed by atoms with Crippen LogP contribution in [0, 0.1) is 6.92 Å². The maximum absolute atomic E-state index is 12.9. The Labute approximate surface area is 197 Å². The average Bonchev–Trinajstić information content (AvgIpc) is 2.87. The van der Waals surface area contributed by atoms with Crippen LogP contribution in [0.1, 0.15) is 66.9 Å². The fraction of sp³-hybridized carbons (Fsp3) is 0.269. The molecule has 34 heavy (non-hydrogen) atoms. The summed E-state index contributed by atoms with van der Waals surface area (Å²) in [4.78, 5) is 47.6. The van der Waals surface area contributed by atoms with Crippen molar-refractivity contribution in [3.63, 3.8) is 0 Å². The Morgan fingerprint density at radius 1 is 1.03 bits per heavy atom. The van der Waals surface area contributed by atoms with Crippen molar-refractivity contribution in [2.45, 2.75) is 32.2 Å². The smallest absolute Gasteiger partial charge is 0.335 e. The number of amides is 2. The lowest BCUT2D eigenvalue weighted by Gasteiger charge is -2.32. The summed E-state index contributed by atoms with van der Waals surface area (Å²) in [5.41, 5.74) is 2.61. The zero-order valence-corrected chi connectivity index (χ0v) is 18.9. The number of piperidine rings is 1. The average molecular weight is 459 g/mol. The van der Waals surface area contributed by atoms with Crippen LogP contribution in [0.5, 0.6) is 0 Å². The molecule has 2 amide bonds. The zero-order valence-electron chi connectivity index (χ0n) is 18.9. The van der Waals surface area contributed by atoms with E-state index in [0.717, 1.165) is 5.56 Å². The molecular weight excluding hydrogens is 432 g/mol. The molecule has 174 valence electrons. The van der Waals surface area contributed by atoms with Gasteiger partial charge in [0.1, 0.15) is 5.82 Å². The van der Waals surface area contributed by atoms with Crippen molar-refractivity contribution in [2.24, 2.45) is 0 Å². The number of aromatic carboxylic acids is 1. The van der Waals surface area contributed by atoms with Crippen molar-refractivity contribution in [2.75, 3.05) is 13.1 Å². The predicted octanol–water partition coefficient (Wildman–Crippen LogP) is 3.43. The van der Waals surface area contributed by atoms with Gasteiger partial charge in [-0.2, -0.15) is 0 Å². The third-order valence-corrected chi connectivity index (χ3v) is 6.00. The number of hydrogen-bond acceptors (Lipinski definition) is 5. The molecule has 0 unspecified atom stereocenters. The Morgan fingerprint density at radius 3 is 2.44 bits per heavy atom. The molecule has 0 bridgehead atoms. The Hall–Kier alpha value is -4.07. The number of likely N-dealkylation sites (tertiary alicyclic amines) is 1. The van der Waals surface area contributed by atoms with Crippen molar-refractivity contribution >= 4 is 17.8 Å². The van der Waals surface area contributed by atoms with E-state index in [1.165, 1.54) is 12.1 Å². The normalized spacial score (nSPS) is 14.0. The van der Waals surface area contributed by atoms with E-state index < -0.39 is 5.97 Å². The van der Waals surface area contributed by atoms with Crippen molar-refractivity contribution in [3.05, 3.63) is 94.6 Å². The van der Waals surface area contributed by atoms with Gasteiger partial charge in [0.15, 0.2) is 0 Å². The second kappa shape index (κ2) is 10.2. The first-order valence-electron chi connectivity index (χ1n) is 11.2. The number of aromatic nitrogens is 2. The fourth-order valence-electron chi connectivity index (χ4n) is 4.17. The number of aryl methyl sites for hydroxylation is 1. The van der Waals surface area contributed by atoms with Crippen molar-refractivity contribution in [3.8, 4) is 0 Å². The lowest BCUT2D eigenvalue weighted by atomic mass is 9.90. The van der Waals surface area contributed by atoms with Gasteiger partial charge >= 0.3 is 5.97 Å². The van der Waals surface area contributed by atoms with Crippen LogP contribution in [0.2, 0.25) is 0 Å². The molecule has 0 aliphatic carbocycles. The summed E-state index contributed by atoms with van der Waals surface area (Å²) in [5, 5.41) is 12.1. The molecule has 1 aliphatic rings. The summed E-state index contributed by atoms with van der Waals surface area (Å²) >= 11 is 0. The van der Waals surface area contributed by atoms with Crippen LogP contribution >= 0.6 is 0 Å². The van der Waals surface area contributed by atoms with E-state index in [4.69, 9.17) is 0 Å². The standard InChI is InChI=1S/C26H26N4O4/c1-17-27-16-22(24(31)28-15-18-6-3-2-4-7-18)23(29-17)19-10-12-30(13-11-19)25(32)20-8-5-9-21(14-20)26(33)34/h2-9,14,16,19H,10-13,15H2,1H3,(H,28,31)(H,33,34). The van der Waals surface area contributed by atoms with Crippen LogP contribution in [-0.4, -0.2) is 50.8 Å². The van der Waals surface area contributed by atoms with Crippen LogP contribution < -0.4 is 5.32 Å². The Balaban J connectivity index is 1.44. The van der Waals surface area contributed by atoms with Gasteiger partial charge in [0.25, 0.3) is 11.8 Å². The summed E-state index contributed by atoms with van der Waals surface area (Å²) in [5.74, 6) is -0.859. The van der Waals surface area contributed by atoms with E-state index in [1.54, 1.807) is 30.2 Å². The lowest BCUT2D eigenvalue weighted by molar-refractivity contribution is 0.0696. The molecule has 1 saturated heterocycles. The monoisotopic (exact) mass is 458 g/mol. The van der Waals surface area contributed by atoms with E-state index >= 15 is 0 Å². The van der Waals surface area contributed by atoms with Gasteiger partial charge in [-0.3, -0.25) is 9.59 Å². The Morgan fingerprint density at radius 2 is 1.74 bits per heavy atom. The van der Waals surface area contributed by atoms with E-state index in [1.807, 2.05) is 30.3 Å². The van der Waals surface area contributed by atoms with Gasteiger partial charge in [-0.15, -0.1) is 0 Å². The highest BCUT2D eigenvalue weighted by atomic mass is 16.4. The Bertz CT molecular complexity index is 1200. The van der Waals surface area contributed by atoms with E-state index in [9.17, 15) is 19.5 Å². The second-order valence-corrected chi connectivity index (χ2v) is 8.34. The van der Waals surface area contributed by atoms with Crippen molar-refractivity contribution in [1.82, 2.24) is 20.2 Å². The highest BCUT2D eigenvalue weighted by molar-refractivity contribution is 5.97. The molecule has 8 heteroatoms. The van der Waals surface area contributed by atoms with E-state index in [-0.39, 0.29) is 23.3 Å². The number of hydrogen-bond donors (Lipinski definition) is 2. The highest BCUT2D eigenvalue weighted by Gasteiger charge is 2.29. The molecule has 4 rings (SSSR count). The maximum Gasteiger partial charge on any atom is 0.335 e. The first kappa shape index (κ1) is 23.1. The quantitative estimate of drug-likeness (QED) is 0.585. The van der Waals surface area contributed by atoms with Gasteiger partial charge in [0.2, 0.25) is 0 Å². The van der Waals surface area contributed by atoms with Crippen LogP contribution in [0.15, 0.2) is 60.8 Å². The molecule has 0 saturated carbocycles. The molecule has 0 spiro atoms. The second-order valence-electron chi connectivity index (χ2n) is 8.34. The topological polar surface area (TPSA) is 112 Å². The number of carbonyl (C=O) groups is 3. The number of nitrogens with one attached hydrogen (secondary N) is 1. The van der Waals surface area contributed by atoms with Gasteiger partial charge in [0, 0.05) is 37.3 Å². The van der Waals surface area contributed by atoms with Crippen LogP contribution in [0.25, 0.3) is 0 Å². The summed E-state index contributed by atoms with van der Waals surface area (Å²) in [6.45, 7) is 3.20. The Kier molecular flexibility index (Phi) is 6.96. The minimum Gasteiger partial charge on any atom is -0.478 e. The predicted molar refractivity (Wildman–Crippen MR) is 126 cm³/mol. The van der Waals surface area contributed by atoms with Gasteiger partial charge < -0.3 is 15.3 Å². The van der Waals surface area contributed by atoms with E-state index in [0.29, 0.717) is 55.1 Å². The molecule has 1 fully saturated rings. The van der Waals surface area contributed by atoms with E-state index in [2.05, 4.69) is 15.3 Å². The number of benzene rings is 2. The molecular formula is C26H26N4O4. The van der Waals surface area contributed by atoms with Crippen molar-refractivity contribution in [1.29, 1.82) is 0 Å². The molecule has 2 N–H and O–H groups in total. The van der Waals surface area contributed by atoms with Crippen LogP contribution in [-0.2, 0) is 6.54 Å². The SMILES string of the molecule is Cc1ncc(C(=O)NCc2ccccc2)c(C2CCN(C(=O)c3cccc(C(=O)O)c3)CC2)n1. The number of carboxylic acids is 1. The first-order valence-corrected chi connectivity index (χ1v) is 11.2. The summed E-state index contributed by atoms with van der Waals surface area (Å²) in [6, 6.07) is 15.8. The molecule has 3 aromatic rings. The fourth-order valence-corrected chi connectivity index (χ4v) is 4.17. The third kappa shape index (κ3) is 5.28. The highest BCUT2D eigenvalue weighted by Crippen LogP contribution is 2.30. The largest absolute Gasteiger partial charge is 0.478 e. The van der Waals surface area contributed by atoms with Gasteiger partial charge in [0.05, 0.1) is 16.8 Å². The number of nitrogens with zero attached hydrogens (tertiary/aromatic N) is 3. The van der Waals surface area contributed by atoms with Crippen LogP contribution in [0.3, 0.4) is 0 Å². The molecule has 2 aromatic carbocycles. The molecule has 1 aliphatic heterocycles. The number of carboxylic acid groups (broad SMARTS) is 1. The van der Waals surface area contributed by atoms with Crippen molar-refractivity contribution < 1.29 is 19.5 Å². The summed E-state index contributed by atoms with van der Waals surface area (Å²) < 4.78 is 0. The molecule has 0 atom stereocenters. The summed E-state index contributed by atoms with van der Waals surface area (Å²) in [6.07, 6.45) is 2.88. The maximum atomic E-state index is 12.9.